The predicted molar refractivity (Wildman–Crippen MR) is 86.5 cm³/mol. The average molecular weight is 337 g/mol. The molecule has 1 aromatic rings. The highest BCUT2D eigenvalue weighted by atomic mass is 19.1. The number of carbonyl (C=O) groups is 1. The second-order valence-electron chi connectivity index (χ2n) is 7.61. The van der Waals surface area contributed by atoms with Gasteiger partial charge in [-0.15, -0.1) is 0 Å². The number of fused-ring (bicyclic) bond motifs is 1. The average Bonchev–Trinajstić information content (AvgIpc) is 2.92. The highest BCUT2D eigenvalue weighted by Crippen LogP contribution is 2.39. The molecule has 5 nitrogen and oxygen atoms in total. The van der Waals surface area contributed by atoms with E-state index in [0.717, 1.165) is 5.56 Å². The predicted octanol–water partition coefficient (Wildman–Crippen LogP) is 2.89. The number of rotatable bonds is 1. The minimum Gasteiger partial charge on any atom is -0.484 e. The Morgan fingerprint density at radius 3 is 2.62 bits per heavy atom. The molecule has 3 rings (SSSR count). The molecule has 0 aromatic heterocycles. The lowest BCUT2D eigenvalue weighted by molar-refractivity contribution is -0.0915. The van der Waals surface area contributed by atoms with Crippen molar-refractivity contribution in [2.24, 2.45) is 0 Å². The lowest BCUT2D eigenvalue weighted by Gasteiger charge is -2.41. The summed E-state index contributed by atoms with van der Waals surface area (Å²) in [6, 6.07) is 4.82. The second kappa shape index (κ2) is 5.92. The van der Waals surface area contributed by atoms with Crippen LogP contribution in [0, 0.1) is 5.82 Å². The van der Waals surface area contributed by atoms with Crippen molar-refractivity contribution in [1.29, 1.82) is 0 Å². The Kier molecular flexibility index (Phi) is 4.20. The Balaban J connectivity index is 1.62. The molecule has 1 amide bonds. The van der Waals surface area contributed by atoms with E-state index in [1.54, 1.807) is 11.0 Å². The summed E-state index contributed by atoms with van der Waals surface area (Å²) in [5.41, 5.74) is -0.828. The molecule has 1 N–H and O–H groups in total. The normalized spacial score (nSPS) is 22.7. The quantitative estimate of drug-likeness (QED) is 0.856. The zero-order valence-electron chi connectivity index (χ0n) is 14.3. The first kappa shape index (κ1) is 17.0. The molecule has 1 saturated heterocycles. The van der Waals surface area contributed by atoms with E-state index in [0.29, 0.717) is 32.4 Å². The number of para-hydroxylation sites is 1. The molecule has 1 aromatic carbocycles. The van der Waals surface area contributed by atoms with Crippen LogP contribution in [0.3, 0.4) is 0 Å². The van der Waals surface area contributed by atoms with Crippen LogP contribution in [0.2, 0.25) is 0 Å². The first-order valence-electron chi connectivity index (χ1n) is 8.32. The first-order valence-corrected chi connectivity index (χ1v) is 8.32. The van der Waals surface area contributed by atoms with Crippen molar-refractivity contribution < 1.29 is 23.8 Å². The summed E-state index contributed by atoms with van der Waals surface area (Å²) in [5.74, 6) is -0.157. The van der Waals surface area contributed by atoms with E-state index in [-0.39, 0.29) is 11.8 Å². The largest absolute Gasteiger partial charge is 0.484 e. The Morgan fingerprint density at radius 2 is 2.04 bits per heavy atom. The van der Waals surface area contributed by atoms with Gasteiger partial charge < -0.3 is 19.5 Å². The number of nitrogens with zero attached hydrogens (tertiary/aromatic N) is 1. The van der Waals surface area contributed by atoms with Gasteiger partial charge in [-0.25, -0.2) is 9.18 Å². The summed E-state index contributed by atoms with van der Waals surface area (Å²) in [7, 11) is 0. The molecule has 132 valence electrons. The van der Waals surface area contributed by atoms with Crippen LogP contribution in [0.5, 0.6) is 5.75 Å². The highest BCUT2D eigenvalue weighted by Gasteiger charge is 2.45. The van der Waals surface area contributed by atoms with E-state index in [1.807, 2.05) is 26.8 Å². The molecule has 0 aliphatic carbocycles. The van der Waals surface area contributed by atoms with Gasteiger partial charge in [0, 0.05) is 25.1 Å². The first-order chi connectivity index (χ1) is 11.2. The Morgan fingerprint density at radius 1 is 1.38 bits per heavy atom. The smallest absolute Gasteiger partial charge is 0.410 e. The molecule has 0 radical (unpaired) electrons. The van der Waals surface area contributed by atoms with Crippen molar-refractivity contribution >= 4 is 6.09 Å². The zero-order valence-corrected chi connectivity index (χ0v) is 14.3. The van der Waals surface area contributed by atoms with Crippen LogP contribution in [0.25, 0.3) is 0 Å². The van der Waals surface area contributed by atoms with Gasteiger partial charge in [-0.05, 0) is 39.7 Å². The number of amides is 1. The molecule has 1 unspecified atom stereocenters. The number of likely N-dealkylation sites (tertiary alicyclic amines) is 1. The fourth-order valence-corrected chi connectivity index (χ4v) is 3.25. The summed E-state index contributed by atoms with van der Waals surface area (Å²) in [5, 5.41) is 10.9. The molecular formula is C18H24FNO4. The Bertz CT molecular complexity index is 632. The standard InChI is InChI=1S/C18H24FNO4/c1-17(2,3)24-16(21)20-9-7-18(22,8-10-20)14-11-12-5-4-6-13(19)15(12)23-14/h4-6,14,22H,7-11H2,1-3H3. The van der Waals surface area contributed by atoms with E-state index in [2.05, 4.69) is 0 Å². The molecular weight excluding hydrogens is 313 g/mol. The van der Waals surface area contributed by atoms with Gasteiger partial charge in [0.15, 0.2) is 11.6 Å². The second-order valence-corrected chi connectivity index (χ2v) is 7.61. The molecule has 2 aliphatic heterocycles. The van der Waals surface area contributed by atoms with Crippen molar-refractivity contribution in [3.05, 3.63) is 29.6 Å². The van der Waals surface area contributed by atoms with Crippen LogP contribution in [0.1, 0.15) is 39.2 Å². The van der Waals surface area contributed by atoms with Crippen LogP contribution in [0.15, 0.2) is 18.2 Å². The maximum Gasteiger partial charge on any atom is 0.410 e. The van der Waals surface area contributed by atoms with Crippen molar-refractivity contribution in [2.45, 2.75) is 57.3 Å². The fraction of sp³-hybridized carbons (Fsp3) is 0.611. The Labute approximate surface area is 141 Å². The Hall–Kier alpha value is -1.82. The monoisotopic (exact) mass is 337 g/mol. The topological polar surface area (TPSA) is 59.0 Å². The lowest BCUT2D eigenvalue weighted by atomic mass is 9.84. The summed E-state index contributed by atoms with van der Waals surface area (Å²) < 4.78 is 24.9. The number of ether oxygens (including phenoxy) is 2. The number of carbonyl (C=O) groups excluding carboxylic acids is 1. The van der Waals surface area contributed by atoms with Gasteiger partial charge in [0.05, 0.1) is 0 Å². The number of aliphatic hydroxyl groups is 1. The number of hydrogen-bond acceptors (Lipinski definition) is 4. The summed E-state index contributed by atoms with van der Waals surface area (Å²) >= 11 is 0. The van der Waals surface area contributed by atoms with E-state index < -0.39 is 23.1 Å². The minimum absolute atomic E-state index is 0.241. The number of piperidine rings is 1. The van der Waals surface area contributed by atoms with Gasteiger partial charge in [-0.2, -0.15) is 0 Å². The molecule has 1 atom stereocenters. The maximum atomic E-state index is 13.8. The molecule has 6 heteroatoms. The highest BCUT2D eigenvalue weighted by molar-refractivity contribution is 5.68. The summed E-state index contributed by atoms with van der Waals surface area (Å²) in [6.45, 7) is 6.25. The van der Waals surface area contributed by atoms with Crippen molar-refractivity contribution in [2.75, 3.05) is 13.1 Å². The number of benzene rings is 1. The summed E-state index contributed by atoms with van der Waals surface area (Å²) in [4.78, 5) is 13.7. The molecule has 2 aliphatic rings. The molecule has 2 heterocycles. The van der Waals surface area contributed by atoms with Crippen LogP contribution >= 0.6 is 0 Å². The van der Waals surface area contributed by atoms with Gasteiger partial charge in [0.1, 0.15) is 17.3 Å². The maximum absolute atomic E-state index is 13.8. The van der Waals surface area contributed by atoms with Gasteiger partial charge in [0.2, 0.25) is 0 Å². The third-order valence-electron chi connectivity index (χ3n) is 4.59. The van der Waals surface area contributed by atoms with E-state index >= 15 is 0 Å². The third kappa shape index (κ3) is 3.34. The molecule has 1 fully saturated rings. The van der Waals surface area contributed by atoms with Crippen molar-refractivity contribution in [3.63, 3.8) is 0 Å². The van der Waals surface area contributed by atoms with Crippen LogP contribution in [-0.4, -0.2) is 46.5 Å². The lowest BCUT2D eigenvalue weighted by Crippen LogP contribution is -2.54. The minimum atomic E-state index is -1.07. The SMILES string of the molecule is CC(C)(C)OC(=O)N1CCC(O)(C2Cc3cccc(F)c3O2)CC1. The van der Waals surface area contributed by atoms with Crippen molar-refractivity contribution in [3.8, 4) is 5.75 Å². The number of hydrogen-bond donors (Lipinski definition) is 1. The van der Waals surface area contributed by atoms with Crippen molar-refractivity contribution in [1.82, 2.24) is 4.90 Å². The van der Waals surface area contributed by atoms with E-state index in [9.17, 15) is 14.3 Å². The van der Waals surface area contributed by atoms with Crippen LogP contribution < -0.4 is 4.74 Å². The van der Waals surface area contributed by atoms with Gasteiger partial charge in [0.25, 0.3) is 0 Å². The summed E-state index contributed by atoms with van der Waals surface area (Å²) in [6.07, 6.45) is 0.395. The van der Waals surface area contributed by atoms with Gasteiger partial charge in [-0.1, -0.05) is 12.1 Å². The molecule has 0 spiro atoms. The number of halogens is 1. The van der Waals surface area contributed by atoms with Crippen LogP contribution in [-0.2, 0) is 11.2 Å². The fourth-order valence-electron chi connectivity index (χ4n) is 3.25. The van der Waals surface area contributed by atoms with Crippen LogP contribution in [0.4, 0.5) is 9.18 Å². The third-order valence-corrected chi connectivity index (χ3v) is 4.59. The van der Waals surface area contributed by atoms with E-state index in [1.165, 1.54) is 6.07 Å². The molecule has 0 saturated carbocycles. The van der Waals surface area contributed by atoms with Gasteiger partial charge in [-0.3, -0.25) is 0 Å². The molecule has 24 heavy (non-hydrogen) atoms. The zero-order chi connectivity index (χ0) is 17.5. The molecule has 0 bridgehead atoms. The van der Waals surface area contributed by atoms with Gasteiger partial charge >= 0.3 is 6.09 Å². The van der Waals surface area contributed by atoms with E-state index in [4.69, 9.17) is 9.47 Å².